The van der Waals surface area contributed by atoms with Gasteiger partial charge in [-0.3, -0.25) is 4.79 Å². The molecule has 0 saturated carbocycles. The van der Waals surface area contributed by atoms with E-state index in [4.69, 9.17) is 10.5 Å². The molecular formula is C16H24N2O2. The summed E-state index contributed by atoms with van der Waals surface area (Å²) in [6, 6.07) is 3.79. The highest BCUT2D eigenvalue weighted by molar-refractivity contribution is 5.77. The van der Waals surface area contributed by atoms with E-state index in [1.54, 1.807) is 6.07 Å². The maximum Gasteiger partial charge on any atom is 0.260 e. The molecule has 0 bridgehead atoms. The molecule has 1 aromatic carbocycles. The average Bonchev–Trinajstić information content (AvgIpc) is 2.70. The van der Waals surface area contributed by atoms with Gasteiger partial charge in [0.15, 0.2) is 6.61 Å². The third-order valence-electron chi connectivity index (χ3n) is 3.87. The fraction of sp³-hybridized carbons (Fsp3) is 0.562. The maximum absolute atomic E-state index is 12.2. The molecule has 4 heteroatoms. The number of amides is 1. The molecule has 20 heavy (non-hydrogen) atoms. The van der Waals surface area contributed by atoms with Gasteiger partial charge in [-0.2, -0.15) is 0 Å². The summed E-state index contributed by atoms with van der Waals surface area (Å²) in [5.74, 6) is 0.779. The fourth-order valence-electron chi connectivity index (χ4n) is 2.55. The second-order valence-corrected chi connectivity index (χ2v) is 5.56. The molecule has 110 valence electrons. The highest BCUT2D eigenvalue weighted by atomic mass is 16.5. The molecule has 0 aromatic heterocycles. The number of hydrogen-bond donors (Lipinski definition) is 1. The number of ether oxygens (including phenoxy) is 1. The zero-order valence-corrected chi connectivity index (χ0v) is 12.4. The van der Waals surface area contributed by atoms with Crippen LogP contribution in [-0.2, 0) is 4.79 Å². The number of carbonyl (C=O) groups is 1. The molecule has 1 heterocycles. The fourth-order valence-corrected chi connectivity index (χ4v) is 2.55. The lowest BCUT2D eigenvalue weighted by atomic mass is 10.1. The van der Waals surface area contributed by atoms with E-state index in [-0.39, 0.29) is 12.5 Å². The van der Waals surface area contributed by atoms with Gasteiger partial charge in [0.05, 0.1) is 0 Å². The van der Waals surface area contributed by atoms with Crippen LogP contribution in [0.1, 0.15) is 36.8 Å². The lowest BCUT2D eigenvalue weighted by Gasteiger charge is -2.20. The van der Waals surface area contributed by atoms with E-state index >= 15 is 0 Å². The van der Waals surface area contributed by atoms with Crippen molar-refractivity contribution >= 4 is 11.6 Å². The van der Waals surface area contributed by atoms with Crippen LogP contribution < -0.4 is 10.5 Å². The first-order valence-electron chi connectivity index (χ1n) is 7.35. The number of anilines is 1. The number of benzene rings is 1. The third kappa shape index (κ3) is 3.65. The highest BCUT2D eigenvalue weighted by Crippen LogP contribution is 2.24. The summed E-state index contributed by atoms with van der Waals surface area (Å²) in [5.41, 5.74) is 8.64. The van der Waals surface area contributed by atoms with Gasteiger partial charge in [-0.05, 0) is 37.8 Å². The normalized spacial score (nSPS) is 15.8. The summed E-state index contributed by atoms with van der Waals surface area (Å²) >= 11 is 0. The Labute approximate surface area is 120 Å². The summed E-state index contributed by atoms with van der Waals surface area (Å²) in [6.07, 6.45) is 4.64. The predicted octanol–water partition coefficient (Wildman–Crippen LogP) is 2.67. The number of aryl methyl sites for hydroxylation is 2. The average molecular weight is 276 g/mol. The Morgan fingerprint density at radius 3 is 2.45 bits per heavy atom. The molecule has 2 N–H and O–H groups in total. The number of hydrogen-bond acceptors (Lipinski definition) is 3. The molecular weight excluding hydrogens is 252 g/mol. The van der Waals surface area contributed by atoms with Gasteiger partial charge in [-0.1, -0.05) is 18.9 Å². The predicted molar refractivity (Wildman–Crippen MR) is 80.9 cm³/mol. The van der Waals surface area contributed by atoms with Gasteiger partial charge in [0, 0.05) is 24.8 Å². The first-order chi connectivity index (χ1) is 9.58. The van der Waals surface area contributed by atoms with Crippen molar-refractivity contribution in [3.63, 3.8) is 0 Å². The standard InChI is InChI=1S/C16H24N2O2/c1-12-9-13(2)15(10-14(12)17)20-11-16(19)18-7-5-3-4-6-8-18/h9-10H,3-8,11,17H2,1-2H3. The number of nitrogen functional groups attached to an aromatic ring is 1. The SMILES string of the molecule is Cc1cc(C)c(OCC(=O)N2CCCCCC2)cc1N. The topological polar surface area (TPSA) is 55.6 Å². The Morgan fingerprint density at radius 1 is 1.15 bits per heavy atom. The molecule has 1 aromatic rings. The van der Waals surface area contributed by atoms with Crippen molar-refractivity contribution in [3.8, 4) is 5.75 Å². The van der Waals surface area contributed by atoms with Crippen molar-refractivity contribution in [3.05, 3.63) is 23.3 Å². The molecule has 0 unspecified atom stereocenters. The minimum Gasteiger partial charge on any atom is -0.483 e. The first-order valence-corrected chi connectivity index (χ1v) is 7.35. The number of nitrogens with two attached hydrogens (primary N) is 1. The van der Waals surface area contributed by atoms with Crippen LogP contribution in [0.15, 0.2) is 12.1 Å². The lowest BCUT2D eigenvalue weighted by molar-refractivity contribution is -0.133. The largest absolute Gasteiger partial charge is 0.483 e. The van der Waals surface area contributed by atoms with Crippen LogP contribution in [0.4, 0.5) is 5.69 Å². The molecule has 1 saturated heterocycles. The van der Waals surface area contributed by atoms with Crippen molar-refractivity contribution in [1.82, 2.24) is 4.90 Å². The van der Waals surface area contributed by atoms with Crippen molar-refractivity contribution < 1.29 is 9.53 Å². The zero-order chi connectivity index (χ0) is 14.5. The van der Waals surface area contributed by atoms with Crippen LogP contribution in [0.5, 0.6) is 5.75 Å². The molecule has 1 fully saturated rings. The van der Waals surface area contributed by atoms with E-state index in [2.05, 4.69) is 0 Å². The molecule has 2 rings (SSSR count). The monoisotopic (exact) mass is 276 g/mol. The molecule has 1 aliphatic heterocycles. The molecule has 1 amide bonds. The lowest BCUT2D eigenvalue weighted by Crippen LogP contribution is -2.35. The van der Waals surface area contributed by atoms with Crippen LogP contribution in [-0.4, -0.2) is 30.5 Å². The molecule has 1 aliphatic rings. The van der Waals surface area contributed by atoms with Crippen LogP contribution in [0.2, 0.25) is 0 Å². The summed E-state index contributed by atoms with van der Waals surface area (Å²) in [7, 11) is 0. The van der Waals surface area contributed by atoms with Gasteiger partial charge < -0.3 is 15.4 Å². The summed E-state index contributed by atoms with van der Waals surface area (Å²) in [5, 5.41) is 0. The van der Waals surface area contributed by atoms with Crippen LogP contribution in [0.25, 0.3) is 0 Å². The van der Waals surface area contributed by atoms with Crippen LogP contribution >= 0.6 is 0 Å². The zero-order valence-electron chi connectivity index (χ0n) is 12.4. The van der Waals surface area contributed by atoms with Crippen LogP contribution in [0, 0.1) is 13.8 Å². The Hall–Kier alpha value is -1.71. The number of nitrogens with zero attached hydrogens (tertiary/aromatic N) is 1. The second-order valence-electron chi connectivity index (χ2n) is 5.56. The molecule has 0 aliphatic carbocycles. The van der Waals surface area contributed by atoms with Gasteiger partial charge in [-0.25, -0.2) is 0 Å². The Balaban J connectivity index is 1.94. The van der Waals surface area contributed by atoms with Crippen molar-refractivity contribution in [2.75, 3.05) is 25.4 Å². The molecule has 0 spiro atoms. The molecule has 0 radical (unpaired) electrons. The van der Waals surface area contributed by atoms with Gasteiger partial charge in [-0.15, -0.1) is 0 Å². The van der Waals surface area contributed by atoms with E-state index in [0.29, 0.717) is 11.4 Å². The van der Waals surface area contributed by atoms with E-state index in [1.807, 2.05) is 24.8 Å². The smallest absolute Gasteiger partial charge is 0.260 e. The quantitative estimate of drug-likeness (QED) is 0.864. The first kappa shape index (κ1) is 14.7. The van der Waals surface area contributed by atoms with E-state index in [0.717, 1.165) is 37.1 Å². The van der Waals surface area contributed by atoms with Gasteiger partial charge in [0.1, 0.15) is 5.75 Å². The molecule has 4 nitrogen and oxygen atoms in total. The summed E-state index contributed by atoms with van der Waals surface area (Å²) < 4.78 is 5.66. The number of carbonyl (C=O) groups excluding carboxylic acids is 1. The van der Waals surface area contributed by atoms with E-state index in [1.165, 1.54) is 12.8 Å². The Morgan fingerprint density at radius 2 is 1.80 bits per heavy atom. The highest BCUT2D eigenvalue weighted by Gasteiger charge is 2.16. The van der Waals surface area contributed by atoms with Gasteiger partial charge in [0.25, 0.3) is 5.91 Å². The third-order valence-corrected chi connectivity index (χ3v) is 3.87. The Kier molecular flexibility index (Phi) is 4.88. The Bertz CT molecular complexity index is 478. The number of rotatable bonds is 3. The van der Waals surface area contributed by atoms with Crippen LogP contribution in [0.3, 0.4) is 0 Å². The minimum atomic E-state index is 0.0745. The van der Waals surface area contributed by atoms with E-state index < -0.39 is 0 Å². The van der Waals surface area contributed by atoms with Gasteiger partial charge >= 0.3 is 0 Å². The van der Waals surface area contributed by atoms with Crippen molar-refractivity contribution in [2.45, 2.75) is 39.5 Å². The minimum absolute atomic E-state index is 0.0745. The van der Waals surface area contributed by atoms with E-state index in [9.17, 15) is 4.79 Å². The number of likely N-dealkylation sites (tertiary alicyclic amines) is 1. The van der Waals surface area contributed by atoms with Crippen molar-refractivity contribution in [2.24, 2.45) is 0 Å². The maximum atomic E-state index is 12.2. The summed E-state index contributed by atoms with van der Waals surface area (Å²) in [6.45, 7) is 5.75. The summed E-state index contributed by atoms with van der Waals surface area (Å²) in [4.78, 5) is 14.1. The second kappa shape index (κ2) is 6.64. The van der Waals surface area contributed by atoms with Crippen molar-refractivity contribution in [1.29, 1.82) is 0 Å². The molecule has 0 atom stereocenters. The van der Waals surface area contributed by atoms with Gasteiger partial charge in [0.2, 0.25) is 0 Å².